The highest BCUT2D eigenvalue weighted by Crippen LogP contribution is 2.30. The van der Waals surface area contributed by atoms with Crippen molar-refractivity contribution in [2.75, 3.05) is 26.7 Å². The number of carbonyl (C=O) groups excluding carboxylic acids is 1. The van der Waals surface area contributed by atoms with Crippen LogP contribution in [0, 0.1) is 5.92 Å². The third kappa shape index (κ3) is 6.15. The number of aromatic nitrogens is 1. The molecule has 1 aliphatic heterocycles. The molecule has 1 aliphatic rings. The smallest absolute Gasteiger partial charge is 0.335 e. The van der Waals surface area contributed by atoms with Crippen LogP contribution in [-0.2, 0) is 6.54 Å². The minimum Gasteiger partial charge on any atom is -0.478 e. The van der Waals surface area contributed by atoms with E-state index in [-0.39, 0.29) is 42.0 Å². The Morgan fingerprint density at radius 1 is 1.16 bits per heavy atom. The van der Waals surface area contributed by atoms with Gasteiger partial charge in [0, 0.05) is 37.3 Å². The van der Waals surface area contributed by atoms with E-state index in [0.29, 0.717) is 25.2 Å². The molecule has 2 N–H and O–H groups in total. The van der Waals surface area contributed by atoms with E-state index in [9.17, 15) is 14.7 Å². The molecule has 4 rings (SSSR count). The normalized spacial score (nSPS) is 18.5. The number of benzene rings is 2. The summed E-state index contributed by atoms with van der Waals surface area (Å²) in [6.07, 6.45) is 1.46. The highest BCUT2D eigenvalue weighted by molar-refractivity contribution is 5.98. The maximum absolute atomic E-state index is 13.6. The number of aromatic carboxylic acids is 1. The quantitative estimate of drug-likeness (QED) is 0.482. The minimum atomic E-state index is -0.950. The Bertz CT molecular complexity index is 1230. The molecule has 0 saturated carbocycles. The van der Waals surface area contributed by atoms with Crippen molar-refractivity contribution in [3.63, 3.8) is 0 Å². The van der Waals surface area contributed by atoms with Gasteiger partial charge in [-0.2, -0.15) is 0 Å². The molecule has 1 aromatic heterocycles. The number of carbonyl (C=O) groups is 2. The summed E-state index contributed by atoms with van der Waals surface area (Å²) in [5, 5.41) is 19.0. The first-order valence-corrected chi connectivity index (χ1v) is 12.4. The predicted octanol–water partition coefficient (Wildman–Crippen LogP) is 3.80. The largest absolute Gasteiger partial charge is 0.478 e. The van der Waals surface area contributed by atoms with E-state index >= 15 is 0 Å². The molecule has 0 radical (unpaired) electrons. The first kappa shape index (κ1) is 26.3. The van der Waals surface area contributed by atoms with Gasteiger partial charge >= 0.3 is 5.97 Å². The van der Waals surface area contributed by atoms with Crippen molar-refractivity contribution < 1.29 is 24.5 Å². The molecule has 194 valence electrons. The lowest BCUT2D eigenvalue weighted by Crippen LogP contribution is -2.49. The van der Waals surface area contributed by atoms with Crippen LogP contribution in [0.15, 0.2) is 66.9 Å². The summed E-state index contributed by atoms with van der Waals surface area (Å²) in [6, 6.07) is 18.0. The third-order valence-electron chi connectivity index (χ3n) is 6.77. The predicted molar refractivity (Wildman–Crippen MR) is 141 cm³/mol. The van der Waals surface area contributed by atoms with Crippen LogP contribution in [0.1, 0.15) is 40.1 Å². The van der Waals surface area contributed by atoms with Gasteiger partial charge in [0.05, 0.1) is 18.2 Å². The SMILES string of the molecule is C[C@H](CO)N1C[C@H](C)[C@H](CN(C)Cc2ccc(C(=O)O)cc2)Oc2ncc(-c3ccccc3)cc2C1=O. The molecule has 0 unspecified atom stereocenters. The molecule has 8 heteroatoms. The van der Waals surface area contributed by atoms with Gasteiger partial charge in [0.15, 0.2) is 0 Å². The minimum absolute atomic E-state index is 0.0291. The second kappa shape index (κ2) is 11.5. The zero-order valence-electron chi connectivity index (χ0n) is 21.4. The number of hydrogen-bond donors (Lipinski definition) is 2. The highest BCUT2D eigenvalue weighted by atomic mass is 16.5. The first-order chi connectivity index (χ1) is 17.8. The van der Waals surface area contributed by atoms with Crippen LogP contribution in [0.5, 0.6) is 5.88 Å². The molecule has 0 aliphatic carbocycles. The molecule has 3 atom stereocenters. The van der Waals surface area contributed by atoms with E-state index in [2.05, 4.69) is 9.88 Å². The zero-order chi connectivity index (χ0) is 26.5. The van der Waals surface area contributed by atoms with Gasteiger partial charge in [-0.1, -0.05) is 49.4 Å². The summed E-state index contributed by atoms with van der Waals surface area (Å²) in [6.45, 7) is 5.34. The van der Waals surface area contributed by atoms with Gasteiger partial charge in [-0.05, 0) is 43.3 Å². The van der Waals surface area contributed by atoms with Crippen molar-refractivity contribution in [3.8, 4) is 17.0 Å². The Labute approximate surface area is 217 Å². The van der Waals surface area contributed by atoms with E-state index in [4.69, 9.17) is 9.84 Å². The number of carboxylic acids is 1. The monoisotopic (exact) mass is 503 g/mol. The van der Waals surface area contributed by atoms with Gasteiger partial charge in [-0.15, -0.1) is 0 Å². The zero-order valence-corrected chi connectivity index (χ0v) is 21.4. The maximum Gasteiger partial charge on any atom is 0.335 e. The second-order valence-corrected chi connectivity index (χ2v) is 9.76. The third-order valence-corrected chi connectivity index (χ3v) is 6.77. The van der Waals surface area contributed by atoms with Crippen LogP contribution in [0.4, 0.5) is 0 Å². The number of aliphatic hydroxyl groups excluding tert-OH is 1. The molecular weight excluding hydrogens is 470 g/mol. The van der Waals surface area contributed by atoms with Crippen LogP contribution in [0.25, 0.3) is 11.1 Å². The lowest BCUT2D eigenvalue weighted by Gasteiger charge is -2.37. The number of nitrogens with zero attached hydrogens (tertiary/aromatic N) is 3. The molecule has 0 spiro atoms. The van der Waals surface area contributed by atoms with E-state index in [1.54, 1.807) is 23.2 Å². The first-order valence-electron chi connectivity index (χ1n) is 12.4. The average Bonchev–Trinajstić information content (AvgIpc) is 2.90. The van der Waals surface area contributed by atoms with Crippen molar-refractivity contribution >= 4 is 11.9 Å². The fourth-order valence-electron chi connectivity index (χ4n) is 4.54. The number of ether oxygens (including phenoxy) is 1. The molecule has 8 nitrogen and oxygen atoms in total. The number of aliphatic hydroxyl groups is 1. The van der Waals surface area contributed by atoms with Crippen molar-refractivity contribution in [3.05, 3.63) is 83.6 Å². The van der Waals surface area contributed by atoms with Crippen LogP contribution in [0.2, 0.25) is 0 Å². The van der Waals surface area contributed by atoms with Crippen molar-refractivity contribution in [1.29, 1.82) is 0 Å². The standard InChI is InChI=1S/C29H33N3O5/c1-19-15-32(20(2)18-33)28(34)25-13-24(22-7-5-4-6-8-22)14-30-27(25)37-26(19)17-31(3)16-21-9-11-23(12-10-21)29(35)36/h4-14,19-20,26,33H,15-18H2,1-3H3,(H,35,36)/t19-,20+,26-/m0/s1. The van der Waals surface area contributed by atoms with Gasteiger partial charge in [0.1, 0.15) is 11.7 Å². The van der Waals surface area contributed by atoms with E-state index in [1.165, 1.54) is 0 Å². The van der Waals surface area contributed by atoms with Crippen LogP contribution in [0.3, 0.4) is 0 Å². The van der Waals surface area contributed by atoms with Crippen LogP contribution in [-0.4, -0.2) is 75.8 Å². The average molecular weight is 504 g/mol. The van der Waals surface area contributed by atoms with Gasteiger partial charge < -0.3 is 19.8 Å². The molecule has 0 bridgehead atoms. The lowest BCUT2D eigenvalue weighted by atomic mass is 9.99. The molecular formula is C29H33N3O5. The Kier molecular flexibility index (Phi) is 8.21. The molecule has 2 heterocycles. The summed E-state index contributed by atoms with van der Waals surface area (Å²) in [7, 11) is 1.98. The van der Waals surface area contributed by atoms with E-state index in [1.807, 2.05) is 69.4 Å². The van der Waals surface area contributed by atoms with Gasteiger partial charge in [-0.3, -0.25) is 9.69 Å². The number of likely N-dealkylation sites (N-methyl/N-ethyl adjacent to an activating group) is 1. The fraction of sp³-hybridized carbons (Fsp3) is 0.345. The highest BCUT2D eigenvalue weighted by Gasteiger charge is 2.34. The van der Waals surface area contributed by atoms with Crippen molar-refractivity contribution in [2.24, 2.45) is 5.92 Å². The Balaban J connectivity index is 1.60. The number of carboxylic acid groups (broad SMARTS) is 1. The van der Waals surface area contributed by atoms with E-state index < -0.39 is 5.97 Å². The lowest BCUT2D eigenvalue weighted by molar-refractivity contribution is 0.0325. The maximum atomic E-state index is 13.6. The number of amides is 1. The van der Waals surface area contributed by atoms with Crippen molar-refractivity contribution in [1.82, 2.24) is 14.8 Å². The fourth-order valence-corrected chi connectivity index (χ4v) is 4.54. The molecule has 3 aromatic rings. The second-order valence-electron chi connectivity index (χ2n) is 9.76. The summed E-state index contributed by atoms with van der Waals surface area (Å²) in [4.78, 5) is 33.1. The molecule has 1 amide bonds. The molecule has 37 heavy (non-hydrogen) atoms. The Morgan fingerprint density at radius 3 is 2.51 bits per heavy atom. The van der Waals surface area contributed by atoms with Crippen LogP contribution >= 0.6 is 0 Å². The summed E-state index contributed by atoms with van der Waals surface area (Å²) in [5.74, 6) is -0.900. The summed E-state index contributed by atoms with van der Waals surface area (Å²) < 4.78 is 6.39. The Morgan fingerprint density at radius 2 is 1.86 bits per heavy atom. The number of hydrogen-bond acceptors (Lipinski definition) is 6. The number of fused-ring (bicyclic) bond motifs is 1. The Hall–Kier alpha value is -3.75. The molecule has 2 aromatic carbocycles. The molecule has 0 saturated heterocycles. The topological polar surface area (TPSA) is 103 Å². The van der Waals surface area contributed by atoms with Gasteiger partial charge in [-0.25, -0.2) is 9.78 Å². The van der Waals surface area contributed by atoms with Gasteiger partial charge in [0.25, 0.3) is 5.91 Å². The summed E-state index contributed by atoms with van der Waals surface area (Å²) >= 11 is 0. The van der Waals surface area contributed by atoms with E-state index in [0.717, 1.165) is 16.7 Å². The van der Waals surface area contributed by atoms with Crippen LogP contribution < -0.4 is 4.74 Å². The number of pyridine rings is 1. The van der Waals surface area contributed by atoms with Gasteiger partial charge in [0.2, 0.25) is 5.88 Å². The van der Waals surface area contributed by atoms with Crippen molar-refractivity contribution in [2.45, 2.75) is 32.5 Å². The molecule has 0 fully saturated rings. The number of rotatable bonds is 8. The summed E-state index contributed by atoms with van der Waals surface area (Å²) in [5.41, 5.74) is 3.39.